The Morgan fingerprint density at radius 2 is 1.81 bits per heavy atom. The van der Waals surface area contributed by atoms with E-state index >= 15 is 0 Å². The van der Waals surface area contributed by atoms with Crippen LogP contribution < -0.4 is 11.1 Å². The second-order valence-electron chi connectivity index (χ2n) is 8.26. The molecule has 168 valence electrons. The summed E-state index contributed by atoms with van der Waals surface area (Å²) in [5.41, 5.74) is 9.66. The van der Waals surface area contributed by atoms with Crippen LogP contribution in [0.4, 0.5) is 10.8 Å². The molecule has 6 nitrogen and oxygen atoms in total. The van der Waals surface area contributed by atoms with Crippen molar-refractivity contribution in [3.8, 4) is 11.3 Å². The first-order valence-corrected chi connectivity index (χ1v) is 12.1. The Bertz CT molecular complexity index is 983. The van der Waals surface area contributed by atoms with E-state index in [-0.39, 0.29) is 5.91 Å². The number of carbonyl (C=O) groups is 1. The van der Waals surface area contributed by atoms with Gasteiger partial charge in [0, 0.05) is 49.2 Å². The van der Waals surface area contributed by atoms with Crippen LogP contribution in [0.2, 0.25) is 0 Å². The van der Waals surface area contributed by atoms with Gasteiger partial charge in [0.15, 0.2) is 5.13 Å². The van der Waals surface area contributed by atoms with Crippen molar-refractivity contribution in [2.45, 2.75) is 25.8 Å². The molecule has 1 aliphatic rings. The SMILES string of the molecule is Nc1nc(-c2ccc(NC(=O)CCN(CCN3CCCC3)Cc3ccccc3)cc2)cs1. The predicted molar refractivity (Wildman–Crippen MR) is 133 cm³/mol. The summed E-state index contributed by atoms with van der Waals surface area (Å²) in [4.78, 5) is 21.8. The molecule has 1 aliphatic heterocycles. The van der Waals surface area contributed by atoms with E-state index in [0.29, 0.717) is 11.6 Å². The van der Waals surface area contributed by atoms with E-state index in [1.165, 1.54) is 42.8 Å². The lowest BCUT2D eigenvalue weighted by Crippen LogP contribution is -2.35. The largest absolute Gasteiger partial charge is 0.375 e. The van der Waals surface area contributed by atoms with Gasteiger partial charge < -0.3 is 16.0 Å². The summed E-state index contributed by atoms with van der Waals surface area (Å²) in [5, 5.41) is 5.52. The zero-order chi connectivity index (χ0) is 22.2. The lowest BCUT2D eigenvalue weighted by atomic mass is 10.1. The molecule has 3 aromatic rings. The molecule has 0 spiro atoms. The highest BCUT2D eigenvalue weighted by molar-refractivity contribution is 7.13. The lowest BCUT2D eigenvalue weighted by Gasteiger charge is -2.25. The molecule has 1 amide bonds. The van der Waals surface area contributed by atoms with E-state index in [1.807, 2.05) is 35.7 Å². The van der Waals surface area contributed by atoms with Crippen molar-refractivity contribution in [2.75, 3.05) is 43.8 Å². The van der Waals surface area contributed by atoms with Gasteiger partial charge in [-0.1, -0.05) is 42.5 Å². The summed E-state index contributed by atoms with van der Waals surface area (Å²) in [5.74, 6) is 0.0369. The number of nitrogens with zero attached hydrogens (tertiary/aromatic N) is 3. The van der Waals surface area contributed by atoms with E-state index in [0.717, 1.165) is 43.1 Å². The van der Waals surface area contributed by atoms with Crippen LogP contribution in [0.3, 0.4) is 0 Å². The number of nitrogens with two attached hydrogens (primary N) is 1. The Kier molecular flexibility index (Phi) is 7.87. The molecular weight excluding hydrogens is 418 g/mol. The van der Waals surface area contributed by atoms with Crippen molar-refractivity contribution in [2.24, 2.45) is 0 Å². The Morgan fingerprint density at radius 3 is 2.50 bits per heavy atom. The second kappa shape index (κ2) is 11.2. The van der Waals surface area contributed by atoms with Crippen molar-refractivity contribution in [3.63, 3.8) is 0 Å². The average molecular weight is 450 g/mol. The van der Waals surface area contributed by atoms with Crippen LogP contribution in [0, 0.1) is 0 Å². The Labute approximate surface area is 194 Å². The van der Waals surface area contributed by atoms with Gasteiger partial charge >= 0.3 is 0 Å². The van der Waals surface area contributed by atoms with Gasteiger partial charge in [-0.2, -0.15) is 0 Å². The number of benzene rings is 2. The zero-order valence-corrected chi connectivity index (χ0v) is 19.2. The summed E-state index contributed by atoms with van der Waals surface area (Å²) < 4.78 is 0. The number of rotatable bonds is 10. The molecule has 0 atom stereocenters. The molecule has 2 aromatic carbocycles. The van der Waals surface area contributed by atoms with Crippen molar-refractivity contribution in [1.82, 2.24) is 14.8 Å². The minimum Gasteiger partial charge on any atom is -0.375 e. The Hall–Kier alpha value is -2.74. The van der Waals surface area contributed by atoms with E-state index < -0.39 is 0 Å². The molecule has 1 aromatic heterocycles. The topological polar surface area (TPSA) is 74.5 Å². The second-order valence-corrected chi connectivity index (χ2v) is 9.15. The van der Waals surface area contributed by atoms with Crippen LogP contribution >= 0.6 is 11.3 Å². The highest BCUT2D eigenvalue weighted by atomic mass is 32.1. The quantitative estimate of drug-likeness (QED) is 0.482. The molecule has 7 heteroatoms. The summed E-state index contributed by atoms with van der Waals surface area (Å²) in [7, 11) is 0. The van der Waals surface area contributed by atoms with E-state index in [4.69, 9.17) is 5.73 Å². The fraction of sp³-hybridized carbons (Fsp3) is 0.360. The third kappa shape index (κ3) is 6.63. The molecule has 32 heavy (non-hydrogen) atoms. The number of hydrogen-bond donors (Lipinski definition) is 2. The first kappa shape index (κ1) is 22.5. The number of carbonyl (C=O) groups excluding carboxylic acids is 1. The standard InChI is InChI=1S/C25H31N5OS/c26-25-28-23(19-32-25)21-8-10-22(11-9-21)27-24(31)12-15-30(17-16-29-13-4-5-14-29)18-20-6-2-1-3-7-20/h1-3,6-11,19H,4-5,12-18H2,(H2,26,28)(H,27,31). The van der Waals surface area contributed by atoms with Gasteiger partial charge in [0.1, 0.15) is 0 Å². The molecule has 0 unspecified atom stereocenters. The number of likely N-dealkylation sites (tertiary alicyclic amines) is 1. The third-order valence-electron chi connectivity index (χ3n) is 5.82. The predicted octanol–water partition coefficient (Wildman–Crippen LogP) is 4.32. The number of nitrogens with one attached hydrogen (secondary N) is 1. The van der Waals surface area contributed by atoms with Crippen molar-refractivity contribution < 1.29 is 4.79 Å². The molecule has 0 radical (unpaired) electrons. The highest BCUT2D eigenvalue weighted by Crippen LogP contribution is 2.24. The van der Waals surface area contributed by atoms with Crippen LogP contribution in [-0.2, 0) is 11.3 Å². The summed E-state index contributed by atoms with van der Waals surface area (Å²) in [6, 6.07) is 18.2. The maximum absolute atomic E-state index is 12.6. The third-order valence-corrected chi connectivity index (χ3v) is 6.50. The van der Waals surface area contributed by atoms with Crippen molar-refractivity contribution in [1.29, 1.82) is 0 Å². The zero-order valence-electron chi connectivity index (χ0n) is 18.4. The molecular formula is C25H31N5OS. The average Bonchev–Trinajstić information content (AvgIpc) is 3.49. The fourth-order valence-corrected chi connectivity index (χ4v) is 4.60. The van der Waals surface area contributed by atoms with Crippen LogP contribution in [0.1, 0.15) is 24.8 Å². The van der Waals surface area contributed by atoms with Crippen molar-refractivity contribution >= 4 is 28.1 Å². The van der Waals surface area contributed by atoms with Gasteiger partial charge in [0.05, 0.1) is 5.69 Å². The van der Waals surface area contributed by atoms with Crippen LogP contribution in [0.25, 0.3) is 11.3 Å². The number of anilines is 2. The van der Waals surface area contributed by atoms with Crippen LogP contribution in [-0.4, -0.2) is 53.4 Å². The number of aromatic nitrogens is 1. The first-order valence-electron chi connectivity index (χ1n) is 11.3. The molecule has 1 saturated heterocycles. The summed E-state index contributed by atoms with van der Waals surface area (Å²) in [6.07, 6.45) is 3.07. The minimum atomic E-state index is 0.0369. The van der Waals surface area contributed by atoms with Crippen molar-refractivity contribution in [3.05, 3.63) is 65.5 Å². The normalized spacial score (nSPS) is 14.2. The number of hydrogen-bond acceptors (Lipinski definition) is 6. The summed E-state index contributed by atoms with van der Waals surface area (Å²) in [6.45, 7) is 6.05. The van der Waals surface area contributed by atoms with Crippen LogP contribution in [0.15, 0.2) is 60.0 Å². The minimum absolute atomic E-state index is 0.0369. The van der Waals surface area contributed by atoms with Gasteiger partial charge in [-0.15, -0.1) is 11.3 Å². The Morgan fingerprint density at radius 1 is 1.06 bits per heavy atom. The molecule has 2 heterocycles. The highest BCUT2D eigenvalue weighted by Gasteiger charge is 2.15. The van der Waals surface area contributed by atoms with Gasteiger partial charge in [0.25, 0.3) is 0 Å². The fourth-order valence-electron chi connectivity index (χ4n) is 4.03. The smallest absolute Gasteiger partial charge is 0.225 e. The van der Waals surface area contributed by atoms with Gasteiger partial charge in [-0.3, -0.25) is 9.69 Å². The first-order chi connectivity index (χ1) is 15.7. The van der Waals surface area contributed by atoms with Crippen LogP contribution in [0.5, 0.6) is 0 Å². The van der Waals surface area contributed by atoms with Gasteiger partial charge in [0.2, 0.25) is 5.91 Å². The summed E-state index contributed by atoms with van der Waals surface area (Å²) >= 11 is 1.42. The maximum atomic E-state index is 12.6. The van der Waals surface area contributed by atoms with E-state index in [1.54, 1.807) is 0 Å². The molecule has 4 rings (SSSR count). The molecule has 3 N–H and O–H groups in total. The van der Waals surface area contributed by atoms with E-state index in [9.17, 15) is 4.79 Å². The lowest BCUT2D eigenvalue weighted by molar-refractivity contribution is -0.116. The molecule has 0 bridgehead atoms. The van der Waals surface area contributed by atoms with E-state index in [2.05, 4.69) is 44.4 Å². The number of amides is 1. The van der Waals surface area contributed by atoms with Gasteiger partial charge in [-0.05, 0) is 43.6 Å². The number of thiazole rings is 1. The van der Waals surface area contributed by atoms with Gasteiger partial charge in [-0.25, -0.2) is 4.98 Å². The number of nitrogen functional groups attached to an aromatic ring is 1. The maximum Gasteiger partial charge on any atom is 0.225 e. The molecule has 0 saturated carbocycles. The molecule has 0 aliphatic carbocycles. The Balaban J connectivity index is 1.29. The monoisotopic (exact) mass is 449 g/mol. The molecule has 1 fully saturated rings.